The number of nitrogens with one attached hydrogen (secondary N) is 2. The Bertz CT molecular complexity index is 1930. The first-order valence-electron chi connectivity index (χ1n) is 16.2. The van der Waals surface area contributed by atoms with Crippen molar-refractivity contribution >= 4 is 34.7 Å². The molecular weight excluding hydrogens is 614 g/mol. The van der Waals surface area contributed by atoms with E-state index in [1.807, 2.05) is 12.1 Å². The topological polar surface area (TPSA) is 147 Å². The van der Waals surface area contributed by atoms with E-state index in [1.165, 1.54) is 23.4 Å². The summed E-state index contributed by atoms with van der Waals surface area (Å²) < 4.78 is 16.0. The molecule has 2 aliphatic heterocycles. The molecule has 11 heteroatoms. The number of para-hydroxylation sites is 1. The zero-order valence-corrected chi connectivity index (χ0v) is 26.8. The van der Waals surface area contributed by atoms with Gasteiger partial charge in [0.05, 0.1) is 18.4 Å². The minimum atomic E-state index is -2.44. The smallest absolute Gasteiger partial charge is 0.345 e. The molecule has 7 rings (SSSR count). The first kappa shape index (κ1) is 31.6. The maximum Gasteiger partial charge on any atom is 0.345 e. The second-order valence-electron chi connectivity index (χ2n) is 13.1. The highest BCUT2D eigenvalue weighted by Crippen LogP contribution is 2.48. The SMILES string of the molecule is CN(C)C1(c2ccccc2)CCC(c2[nH]c3ccccc3c2CCNC(=O)c2ccc3c4c2OC(=O)CC(O)(CC(=O)O3)C(=O)O4)CC1. The van der Waals surface area contributed by atoms with Gasteiger partial charge in [0, 0.05) is 28.7 Å². The van der Waals surface area contributed by atoms with E-state index in [-0.39, 0.29) is 29.1 Å². The van der Waals surface area contributed by atoms with Gasteiger partial charge in [0.25, 0.3) is 5.91 Å². The Morgan fingerprint density at radius 2 is 1.58 bits per heavy atom. The summed E-state index contributed by atoms with van der Waals surface area (Å²) in [5.41, 5.74) is 2.16. The third-order valence-electron chi connectivity index (χ3n) is 10.1. The standard InChI is InChI=1S/C37H37N3O8/c1-40(2)36(23-8-4-3-5-9-23)17-14-22(15-18-36)31-25(24-10-6-7-11-27(24)39-31)16-19-38-34(43)26-12-13-28-33-32(26)47-30(42)21-37(45,35(44)48-33)20-29(41)46-28/h3-13,22,39,45H,14-21H2,1-2H3,(H,38,43). The molecule has 1 aliphatic carbocycles. The molecule has 3 N–H and O–H groups in total. The summed E-state index contributed by atoms with van der Waals surface area (Å²) in [5.74, 6) is -4.31. The highest BCUT2D eigenvalue weighted by Gasteiger charge is 2.48. The fourth-order valence-electron chi connectivity index (χ4n) is 7.54. The molecule has 11 nitrogen and oxygen atoms in total. The van der Waals surface area contributed by atoms with Crippen molar-refractivity contribution < 1.29 is 38.5 Å². The van der Waals surface area contributed by atoms with Gasteiger partial charge >= 0.3 is 17.9 Å². The average Bonchev–Trinajstić information content (AvgIpc) is 3.43. The normalized spacial score (nSPS) is 23.8. The van der Waals surface area contributed by atoms with Crippen LogP contribution in [0.2, 0.25) is 0 Å². The molecule has 1 saturated carbocycles. The van der Waals surface area contributed by atoms with E-state index in [1.54, 1.807) is 0 Å². The number of ether oxygens (including phenoxy) is 3. The van der Waals surface area contributed by atoms with Crippen molar-refractivity contribution in [2.75, 3.05) is 20.6 Å². The zero-order valence-electron chi connectivity index (χ0n) is 26.8. The molecule has 3 heterocycles. The van der Waals surface area contributed by atoms with Gasteiger partial charge < -0.3 is 29.6 Å². The van der Waals surface area contributed by atoms with E-state index >= 15 is 0 Å². The molecule has 48 heavy (non-hydrogen) atoms. The molecule has 1 aromatic heterocycles. The van der Waals surface area contributed by atoms with Crippen molar-refractivity contribution in [1.29, 1.82) is 0 Å². The number of amides is 1. The molecular formula is C37H37N3O8. The van der Waals surface area contributed by atoms with Gasteiger partial charge in [0.1, 0.15) is 0 Å². The van der Waals surface area contributed by atoms with E-state index in [0.717, 1.165) is 42.1 Å². The van der Waals surface area contributed by atoms with Crippen LogP contribution in [0.25, 0.3) is 10.9 Å². The van der Waals surface area contributed by atoms with E-state index < -0.39 is 48.0 Å². The lowest BCUT2D eigenvalue weighted by Crippen LogP contribution is -2.49. The Labute approximate surface area is 277 Å². The molecule has 3 aliphatic rings. The number of rotatable bonds is 7. The molecule has 1 amide bonds. The summed E-state index contributed by atoms with van der Waals surface area (Å²) in [7, 11) is 4.31. The molecule has 1 fully saturated rings. The Kier molecular flexibility index (Phi) is 8.04. The van der Waals surface area contributed by atoms with Crippen molar-refractivity contribution in [2.24, 2.45) is 0 Å². The largest absolute Gasteiger partial charge is 0.422 e. The minimum absolute atomic E-state index is 0.0299. The van der Waals surface area contributed by atoms with Crippen molar-refractivity contribution in [3.63, 3.8) is 0 Å². The van der Waals surface area contributed by atoms with Crippen molar-refractivity contribution in [1.82, 2.24) is 15.2 Å². The first-order valence-corrected chi connectivity index (χ1v) is 16.2. The molecule has 0 saturated heterocycles. The third-order valence-corrected chi connectivity index (χ3v) is 10.1. The van der Waals surface area contributed by atoms with Gasteiger partial charge in [-0.15, -0.1) is 0 Å². The Balaban J connectivity index is 1.12. The van der Waals surface area contributed by atoms with Gasteiger partial charge in [0.2, 0.25) is 5.75 Å². The van der Waals surface area contributed by atoms with Crippen LogP contribution in [0.15, 0.2) is 66.7 Å². The predicted octanol–water partition coefficient (Wildman–Crippen LogP) is 4.51. The van der Waals surface area contributed by atoms with Crippen LogP contribution in [0, 0.1) is 0 Å². The van der Waals surface area contributed by atoms with Crippen LogP contribution in [0.5, 0.6) is 17.2 Å². The average molecular weight is 652 g/mol. The number of H-pyrrole nitrogens is 1. The number of fused-ring (bicyclic) bond motifs is 3. The monoisotopic (exact) mass is 651 g/mol. The Hall–Kier alpha value is -5.00. The number of carbonyl (C=O) groups is 4. The second kappa shape index (κ2) is 12.2. The molecule has 4 aromatic rings. The first-order chi connectivity index (χ1) is 23.1. The van der Waals surface area contributed by atoms with Crippen LogP contribution in [-0.2, 0) is 26.3 Å². The van der Waals surface area contributed by atoms with Gasteiger partial charge in [-0.2, -0.15) is 0 Å². The lowest BCUT2D eigenvalue weighted by atomic mass is 9.70. The van der Waals surface area contributed by atoms with Gasteiger partial charge in [0.15, 0.2) is 17.1 Å². The van der Waals surface area contributed by atoms with Gasteiger partial charge in [-0.1, -0.05) is 48.5 Å². The summed E-state index contributed by atoms with van der Waals surface area (Å²) in [6.45, 7) is 0.269. The minimum Gasteiger partial charge on any atom is -0.422 e. The fourth-order valence-corrected chi connectivity index (χ4v) is 7.54. The lowest BCUT2D eigenvalue weighted by molar-refractivity contribution is -0.170. The summed E-state index contributed by atoms with van der Waals surface area (Å²) in [6, 6.07) is 21.5. The molecule has 0 spiro atoms. The van der Waals surface area contributed by atoms with Crippen molar-refractivity contribution in [2.45, 2.75) is 62.0 Å². The lowest BCUT2D eigenvalue weighted by Gasteiger charge is -2.45. The highest BCUT2D eigenvalue weighted by molar-refractivity contribution is 6.02. The number of hydrogen-bond acceptors (Lipinski definition) is 9. The summed E-state index contributed by atoms with van der Waals surface area (Å²) in [5, 5.41) is 14.7. The van der Waals surface area contributed by atoms with Crippen LogP contribution >= 0.6 is 0 Å². The summed E-state index contributed by atoms with van der Waals surface area (Å²) in [4.78, 5) is 57.4. The van der Waals surface area contributed by atoms with Crippen LogP contribution in [0.4, 0.5) is 0 Å². The van der Waals surface area contributed by atoms with E-state index in [0.29, 0.717) is 12.3 Å². The molecule has 1 unspecified atom stereocenters. The van der Waals surface area contributed by atoms with Crippen LogP contribution < -0.4 is 19.5 Å². The summed E-state index contributed by atoms with van der Waals surface area (Å²) in [6.07, 6.45) is 2.95. The van der Waals surface area contributed by atoms with Gasteiger partial charge in [-0.3, -0.25) is 19.3 Å². The predicted molar refractivity (Wildman–Crippen MR) is 175 cm³/mol. The van der Waals surface area contributed by atoms with Crippen molar-refractivity contribution in [3.05, 3.63) is 89.1 Å². The molecule has 248 valence electrons. The van der Waals surface area contributed by atoms with Crippen molar-refractivity contribution in [3.8, 4) is 17.2 Å². The number of carbonyl (C=O) groups excluding carboxylic acids is 4. The number of aromatic amines is 1. The third kappa shape index (κ3) is 5.52. The van der Waals surface area contributed by atoms with Gasteiger partial charge in [-0.05, 0) is 81.4 Å². The van der Waals surface area contributed by atoms with Gasteiger partial charge in [-0.25, -0.2) is 4.79 Å². The quantitative estimate of drug-likeness (QED) is 0.194. The maximum absolute atomic E-state index is 13.5. The van der Waals surface area contributed by atoms with Crippen LogP contribution in [0.1, 0.15) is 71.6 Å². The number of nitrogens with zero attached hydrogens (tertiary/aromatic N) is 1. The van der Waals surface area contributed by atoms with Crippen LogP contribution in [0.3, 0.4) is 0 Å². The summed E-state index contributed by atoms with van der Waals surface area (Å²) >= 11 is 0. The number of hydrogen-bond donors (Lipinski definition) is 3. The van der Waals surface area contributed by atoms with E-state index in [2.05, 4.69) is 71.8 Å². The number of esters is 3. The number of aromatic nitrogens is 1. The Morgan fingerprint density at radius 3 is 2.31 bits per heavy atom. The Morgan fingerprint density at radius 1 is 0.896 bits per heavy atom. The number of benzene rings is 3. The van der Waals surface area contributed by atoms with E-state index in [4.69, 9.17) is 14.2 Å². The fraction of sp³-hybridized carbons (Fsp3) is 0.351. The van der Waals surface area contributed by atoms with Crippen LogP contribution in [-0.4, -0.2) is 65.0 Å². The number of aliphatic hydroxyl groups is 1. The highest BCUT2D eigenvalue weighted by atomic mass is 16.6. The van der Waals surface area contributed by atoms with E-state index in [9.17, 15) is 24.3 Å². The second-order valence-corrected chi connectivity index (χ2v) is 13.1. The molecule has 2 bridgehead atoms. The maximum atomic E-state index is 13.5. The molecule has 1 atom stereocenters. The molecule has 0 radical (unpaired) electrons. The zero-order chi connectivity index (χ0) is 33.6. The molecule has 3 aromatic carbocycles.